The molecule has 1 amide bonds. The average Bonchev–Trinajstić information content (AvgIpc) is 2.35. The third-order valence-corrected chi connectivity index (χ3v) is 3.10. The molecule has 0 aromatic heterocycles. The summed E-state index contributed by atoms with van der Waals surface area (Å²) in [6.45, 7) is 12.0. The number of rotatable bonds is 5. The lowest BCUT2D eigenvalue weighted by Gasteiger charge is -2.20. The maximum Gasteiger partial charge on any atom is 0.254 e. The molecule has 0 atom stereocenters. The molecule has 0 spiro atoms. The largest absolute Gasteiger partial charge is 0.494 e. The minimum absolute atomic E-state index is 0.101. The first-order valence-corrected chi connectivity index (χ1v) is 6.58. The van der Waals surface area contributed by atoms with E-state index in [0.29, 0.717) is 6.61 Å². The van der Waals surface area contributed by atoms with Crippen molar-refractivity contribution in [2.45, 2.75) is 34.6 Å². The molecule has 0 heterocycles. The number of aryl methyl sites for hydroxylation is 2. The zero-order chi connectivity index (χ0) is 13.7. The van der Waals surface area contributed by atoms with Crippen molar-refractivity contribution in [3.05, 3.63) is 28.8 Å². The normalized spacial score (nSPS) is 10.3. The second-order valence-electron chi connectivity index (χ2n) is 4.34. The second kappa shape index (κ2) is 6.43. The van der Waals surface area contributed by atoms with Crippen molar-refractivity contribution in [3.63, 3.8) is 0 Å². The quantitative estimate of drug-likeness (QED) is 0.802. The van der Waals surface area contributed by atoms with E-state index in [2.05, 4.69) is 0 Å². The zero-order valence-electron chi connectivity index (χ0n) is 12.0. The molecule has 0 bridgehead atoms. The summed E-state index contributed by atoms with van der Waals surface area (Å²) >= 11 is 0. The molecule has 1 aromatic carbocycles. The number of carbonyl (C=O) groups is 1. The Bertz CT molecular complexity index is 423. The first-order chi connectivity index (χ1) is 8.54. The van der Waals surface area contributed by atoms with Gasteiger partial charge in [0.2, 0.25) is 0 Å². The minimum Gasteiger partial charge on any atom is -0.494 e. The molecular formula is C15H23NO2. The maximum absolute atomic E-state index is 12.3. The van der Waals surface area contributed by atoms with Gasteiger partial charge in [0.15, 0.2) is 0 Å². The van der Waals surface area contributed by atoms with Crippen molar-refractivity contribution >= 4 is 5.91 Å². The van der Waals surface area contributed by atoms with Gasteiger partial charge in [-0.1, -0.05) is 0 Å². The molecule has 0 aliphatic rings. The molecule has 0 fully saturated rings. The van der Waals surface area contributed by atoms with E-state index in [1.165, 1.54) is 0 Å². The first-order valence-electron chi connectivity index (χ1n) is 6.58. The Kier molecular flexibility index (Phi) is 5.20. The van der Waals surface area contributed by atoms with Crippen molar-refractivity contribution in [1.29, 1.82) is 0 Å². The van der Waals surface area contributed by atoms with Crippen LogP contribution < -0.4 is 4.74 Å². The van der Waals surface area contributed by atoms with Crippen LogP contribution in [-0.4, -0.2) is 30.5 Å². The monoisotopic (exact) mass is 249 g/mol. The van der Waals surface area contributed by atoms with Gasteiger partial charge in [-0.3, -0.25) is 4.79 Å². The Morgan fingerprint density at radius 2 is 1.72 bits per heavy atom. The van der Waals surface area contributed by atoms with Crippen molar-refractivity contribution in [3.8, 4) is 5.75 Å². The molecule has 0 aliphatic heterocycles. The fourth-order valence-corrected chi connectivity index (χ4v) is 2.01. The van der Waals surface area contributed by atoms with E-state index in [0.717, 1.165) is 35.5 Å². The number of benzene rings is 1. The highest BCUT2D eigenvalue weighted by atomic mass is 16.5. The van der Waals surface area contributed by atoms with E-state index in [9.17, 15) is 4.79 Å². The summed E-state index contributed by atoms with van der Waals surface area (Å²) in [5.41, 5.74) is 2.76. The van der Waals surface area contributed by atoms with Gasteiger partial charge in [-0.05, 0) is 57.9 Å². The number of amides is 1. The van der Waals surface area contributed by atoms with Gasteiger partial charge in [0.1, 0.15) is 5.75 Å². The molecule has 0 saturated heterocycles. The van der Waals surface area contributed by atoms with Gasteiger partial charge < -0.3 is 9.64 Å². The summed E-state index contributed by atoms with van der Waals surface area (Å²) in [7, 11) is 0. The SMILES string of the molecule is CCOc1cc(C)c(C(=O)N(CC)CC)cc1C. The summed E-state index contributed by atoms with van der Waals surface area (Å²) in [6, 6.07) is 3.89. The summed E-state index contributed by atoms with van der Waals surface area (Å²) in [5.74, 6) is 0.967. The first kappa shape index (κ1) is 14.6. The summed E-state index contributed by atoms with van der Waals surface area (Å²) < 4.78 is 5.54. The van der Waals surface area contributed by atoms with E-state index < -0.39 is 0 Å². The third-order valence-electron chi connectivity index (χ3n) is 3.10. The number of hydrogen-bond donors (Lipinski definition) is 0. The van der Waals surface area contributed by atoms with Gasteiger partial charge in [-0.25, -0.2) is 0 Å². The lowest BCUT2D eigenvalue weighted by molar-refractivity contribution is 0.0772. The van der Waals surface area contributed by atoms with Crippen molar-refractivity contribution in [1.82, 2.24) is 4.90 Å². The van der Waals surface area contributed by atoms with Gasteiger partial charge in [0.25, 0.3) is 5.91 Å². The van der Waals surface area contributed by atoms with Crippen LogP contribution in [0.1, 0.15) is 42.3 Å². The van der Waals surface area contributed by atoms with Crippen LogP contribution in [0.5, 0.6) is 5.75 Å². The molecule has 100 valence electrons. The molecule has 3 heteroatoms. The van der Waals surface area contributed by atoms with Crippen LogP contribution >= 0.6 is 0 Å². The predicted octanol–water partition coefficient (Wildman–Crippen LogP) is 3.18. The lowest BCUT2D eigenvalue weighted by atomic mass is 10.0. The number of ether oxygens (including phenoxy) is 1. The highest BCUT2D eigenvalue weighted by molar-refractivity contribution is 5.96. The molecule has 0 saturated carbocycles. The predicted molar refractivity (Wildman–Crippen MR) is 74.3 cm³/mol. The summed E-state index contributed by atoms with van der Waals surface area (Å²) in [5, 5.41) is 0. The highest BCUT2D eigenvalue weighted by Crippen LogP contribution is 2.23. The van der Waals surface area contributed by atoms with Gasteiger partial charge in [-0.2, -0.15) is 0 Å². The molecule has 1 rings (SSSR count). The van der Waals surface area contributed by atoms with Gasteiger partial charge in [0, 0.05) is 18.7 Å². The number of carbonyl (C=O) groups excluding carboxylic acids is 1. The Labute approximate surface area is 110 Å². The van der Waals surface area contributed by atoms with E-state index in [1.54, 1.807) is 0 Å². The summed E-state index contributed by atoms with van der Waals surface area (Å²) in [4.78, 5) is 14.2. The van der Waals surface area contributed by atoms with Crippen molar-refractivity contribution in [2.24, 2.45) is 0 Å². The standard InChI is InChI=1S/C15H23NO2/c1-6-16(7-2)15(17)13-9-12(5)14(18-8-3)10-11(13)4/h9-10H,6-8H2,1-5H3. The smallest absolute Gasteiger partial charge is 0.254 e. The van der Waals surface area contributed by atoms with E-state index >= 15 is 0 Å². The van der Waals surface area contributed by atoms with Gasteiger partial charge >= 0.3 is 0 Å². The van der Waals surface area contributed by atoms with Crippen molar-refractivity contribution < 1.29 is 9.53 Å². The molecule has 3 nitrogen and oxygen atoms in total. The van der Waals surface area contributed by atoms with E-state index in [1.807, 2.05) is 51.7 Å². The number of nitrogens with zero attached hydrogens (tertiary/aromatic N) is 1. The summed E-state index contributed by atoms with van der Waals surface area (Å²) in [6.07, 6.45) is 0. The van der Waals surface area contributed by atoms with Crippen LogP contribution in [0.25, 0.3) is 0 Å². The average molecular weight is 249 g/mol. The topological polar surface area (TPSA) is 29.5 Å². The Balaban J connectivity index is 3.11. The van der Waals surface area contributed by atoms with Gasteiger partial charge in [-0.15, -0.1) is 0 Å². The van der Waals surface area contributed by atoms with Crippen LogP contribution in [-0.2, 0) is 0 Å². The zero-order valence-corrected chi connectivity index (χ0v) is 12.0. The van der Waals surface area contributed by atoms with Gasteiger partial charge in [0.05, 0.1) is 6.61 Å². The molecule has 0 N–H and O–H groups in total. The fourth-order valence-electron chi connectivity index (χ4n) is 2.01. The molecule has 0 unspecified atom stereocenters. The fraction of sp³-hybridized carbons (Fsp3) is 0.533. The Morgan fingerprint density at radius 1 is 1.11 bits per heavy atom. The second-order valence-corrected chi connectivity index (χ2v) is 4.34. The van der Waals surface area contributed by atoms with Crippen molar-refractivity contribution in [2.75, 3.05) is 19.7 Å². The number of hydrogen-bond acceptors (Lipinski definition) is 2. The molecule has 0 radical (unpaired) electrons. The molecule has 18 heavy (non-hydrogen) atoms. The molecule has 1 aromatic rings. The van der Waals surface area contributed by atoms with E-state index in [-0.39, 0.29) is 5.91 Å². The maximum atomic E-state index is 12.3. The van der Waals surface area contributed by atoms with Crippen LogP contribution in [0.15, 0.2) is 12.1 Å². The Hall–Kier alpha value is -1.51. The van der Waals surface area contributed by atoms with E-state index in [4.69, 9.17) is 4.74 Å². The highest BCUT2D eigenvalue weighted by Gasteiger charge is 2.16. The molecular weight excluding hydrogens is 226 g/mol. The minimum atomic E-state index is 0.101. The Morgan fingerprint density at radius 3 is 2.22 bits per heavy atom. The van der Waals surface area contributed by atoms with Crippen LogP contribution in [0, 0.1) is 13.8 Å². The lowest BCUT2D eigenvalue weighted by Crippen LogP contribution is -2.31. The van der Waals surface area contributed by atoms with Crippen LogP contribution in [0.3, 0.4) is 0 Å². The third kappa shape index (κ3) is 3.03. The van der Waals surface area contributed by atoms with Crippen LogP contribution in [0.4, 0.5) is 0 Å². The van der Waals surface area contributed by atoms with Crippen LogP contribution in [0.2, 0.25) is 0 Å². The molecule has 0 aliphatic carbocycles.